The smallest absolute Gasteiger partial charge is 0.310 e. The molecule has 1 aliphatic carbocycles. The topological polar surface area (TPSA) is 127 Å². The fourth-order valence-corrected chi connectivity index (χ4v) is 2.50. The second-order valence-electron chi connectivity index (χ2n) is 5.48. The molecule has 0 aliphatic heterocycles. The van der Waals surface area contributed by atoms with Crippen LogP contribution < -0.4 is 11.5 Å². The van der Waals surface area contributed by atoms with Crippen molar-refractivity contribution in [3.05, 3.63) is 0 Å². The molecule has 104 valence electrons. The van der Waals surface area contributed by atoms with E-state index in [2.05, 4.69) is 0 Å². The number of aliphatic hydroxyl groups excluding tert-OH is 1. The lowest BCUT2D eigenvalue weighted by Gasteiger charge is -2.40. The molecule has 6 N–H and O–H groups in total. The minimum atomic E-state index is -1.14. The van der Waals surface area contributed by atoms with Crippen LogP contribution in [0.3, 0.4) is 0 Å². The number of carbonyl (C=O) groups is 2. The molecule has 0 bridgehead atoms. The number of ketones is 1. The molecule has 0 saturated heterocycles. The number of carboxylic acids is 1. The van der Waals surface area contributed by atoms with Gasteiger partial charge in [-0.2, -0.15) is 0 Å². The van der Waals surface area contributed by atoms with Gasteiger partial charge in [-0.05, 0) is 33.1 Å². The molecule has 1 fully saturated rings. The Balaban J connectivity index is 2.99. The van der Waals surface area contributed by atoms with Gasteiger partial charge in [-0.1, -0.05) is 0 Å². The molecule has 0 aromatic heterocycles. The van der Waals surface area contributed by atoms with Crippen molar-refractivity contribution in [1.29, 1.82) is 0 Å². The molecule has 0 spiro atoms. The zero-order chi connectivity index (χ0) is 14.1. The van der Waals surface area contributed by atoms with Crippen molar-refractivity contribution < 1.29 is 19.8 Å². The van der Waals surface area contributed by atoms with Gasteiger partial charge in [0.2, 0.25) is 0 Å². The van der Waals surface area contributed by atoms with E-state index < -0.39 is 35.2 Å². The predicted molar refractivity (Wildman–Crippen MR) is 65.7 cm³/mol. The van der Waals surface area contributed by atoms with Gasteiger partial charge in [0.05, 0.1) is 17.6 Å². The summed E-state index contributed by atoms with van der Waals surface area (Å²) in [6, 6.07) is -1.24. The Morgan fingerprint density at radius 3 is 2.44 bits per heavy atom. The van der Waals surface area contributed by atoms with E-state index in [1.54, 1.807) is 6.92 Å². The Hall–Kier alpha value is -0.980. The van der Waals surface area contributed by atoms with Crippen molar-refractivity contribution in [3.63, 3.8) is 0 Å². The largest absolute Gasteiger partial charge is 0.481 e. The molecule has 6 heteroatoms. The average Bonchev–Trinajstić information content (AvgIpc) is 2.30. The number of aliphatic hydroxyl groups is 1. The Bertz CT molecular complexity index is 345. The summed E-state index contributed by atoms with van der Waals surface area (Å²) in [4.78, 5) is 23.6. The van der Waals surface area contributed by atoms with Crippen LogP contribution in [0, 0.1) is 11.3 Å². The Labute approximate surface area is 106 Å². The third kappa shape index (κ3) is 2.71. The lowest BCUT2D eigenvalue weighted by Crippen LogP contribution is -2.54. The lowest BCUT2D eigenvalue weighted by atomic mass is 9.63. The Morgan fingerprint density at radius 2 is 2.00 bits per heavy atom. The molecule has 0 radical (unpaired) electrons. The molecule has 0 amide bonds. The normalized spacial score (nSPS) is 35.8. The number of nitrogens with two attached hydrogens (primary N) is 2. The van der Waals surface area contributed by atoms with Crippen LogP contribution in [0.15, 0.2) is 0 Å². The van der Waals surface area contributed by atoms with Crippen molar-refractivity contribution >= 4 is 11.8 Å². The van der Waals surface area contributed by atoms with E-state index in [9.17, 15) is 19.8 Å². The summed E-state index contributed by atoms with van der Waals surface area (Å²) in [5.41, 5.74) is 10.3. The van der Waals surface area contributed by atoms with Gasteiger partial charge in [-0.25, -0.2) is 0 Å². The number of hydrogen-bond acceptors (Lipinski definition) is 5. The summed E-state index contributed by atoms with van der Waals surface area (Å²) in [6.07, 6.45) is 0.249. The van der Waals surface area contributed by atoms with Gasteiger partial charge in [-0.3, -0.25) is 9.59 Å². The van der Waals surface area contributed by atoms with Crippen molar-refractivity contribution in [3.8, 4) is 0 Å². The van der Waals surface area contributed by atoms with Gasteiger partial charge in [0, 0.05) is 12.0 Å². The maximum Gasteiger partial charge on any atom is 0.310 e. The quantitative estimate of drug-likeness (QED) is 0.537. The molecule has 18 heavy (non-hydrogen) atoms. The summed E-state index contributed by atoms with van der Waals surface area (Å²) in [5.74, 6) is -2.15. The first-order valence-corrected chi connectivity index (χ1v) is 6.16. The first-order valence-electron chi connectivity index (χ1n) is 6.16. The summed E-state index contributed by atoms with van der Waals surface area (Å²) >= 11 is 0. The van der Waals surface area contributed by atoms with Gasteiger partial charge >= 0.3 is 5.97 Å². The van der Waals surface area contributed by atoms with E-state index in [-0.39, 0.29) is 6.04 Å². The van der Waals surface area contributed by atoms with Crippen LogP contribution in [0.5, 0.6) is 0 Å². The maximum absolute atomic E-state index is 12.2. The van der Waals surface area contributed by atoms with Crippen molar-refractivity contribution in [1.82, 2.24) is 0 Å². The molecule has 0 aromatic rings. The Kier molecular flexibility index (Phi) is 4.47. The first kappa shape index (κ1) is 15.1. The van der Waals surface area contributed by atoms with Gasteiger partial charge < -0.3 is 21.7 Å². The van der Waals surface area contributed by atoms with Crippen LogP contribution in [0.1, 0.15) is 33.1 Å². The zero-order valence-corrected chi connectivity index (χ0v) is 10.8. The summed E-state index contributed by atoms with van der Waals surface area (Å²) < 4.78 is 0. The third-order valence-corrected chi connectivity index (χ3v) is 4.02. The minimum absolute atomic E-state index is 0.187. The van der Waals surface area contributed by atoms with Crippen LogP contribution in [0.4, 0.5) is 0 Å². The minimum Gasteiger partial charge on any atom is -0.481 e. The van der Waals surface area contributed by atoms with Crippen LogP contribution in [0.25, 0.3) is 0 Å². The number of Topliss-reactive ketones (excluding diaryl/α,β-unsaturated/α-hetero) is 1. The molecule has 1 saturated carbocycles. The lowest BCUT2D eigenvalue weighted by molar-refractivity contribution is -0.158. The summed E-state index contributed by atoms with van der Waals surface area (Å²) in [5, 5.41) is 18.7. The highest BCUT2D eigenvalue weighted by Crippen LogP contribution is 2.42. The number of rotatable bonds is 4. The average molecular weight is 258 g/mol. The SMILES string of the molecule is C[C@@H](O)[C@H](N)C(=O)[C@H]1C[C@H](N)CCC1(C)C(=O)O. The maximum atomic E-state index is 12.2. The van der Waals surface area contributed by atoms with Gasteiger partial charge in [0.1, 0.15) is 0 Å². The van der Waals surface area contributed by atoms with E-state index in [0.29, 0.717) is 19.3 Å². The standard InChI is InChI=1S/C12H22N2O4/c1-6(15)9(14)10(16)8-5-7(13)3-4-12(8,2)11(17)18/h6-9,15H,3-5,13-14H2,1-2H3,(H,17,18)/t6-,7-,8-,9+,12?/m1/s1. The summed E-state index contributed by atoms with van der Waals surface area (Å²) in [7, 11) is 0. The number of hydrogen-bond donors (Lipinski definition) is 4. The molecule has 0 heterocycles. The number of carboxylic acid groups (broad SMARTS) is 1. The van der Waals surface area contributed by atoms with Crippen LogP contribution in [-0.4, -0.2) is 40.2 Å². The molecule has 1 unspecified atom stereocenters. The molecular weight excluding hydrogens is 236 g/mol. The predicted octanol–water partition coefficient (Wildman–Crippen LogP) is -0.518. The second kappa shape index (κ2) is 5.34. The highest BCUT2D eigenvalue weighted by atomic mass is 16.4. The molecule has 0 aromatic carbocycles. The monoisotopic (exact) mass is 258 g/mol. The molecule has 6 nitrogen and oxygen atoms in total. The molecule has 1 aliphatic rings. The fourth-order valence-electron chi connectivity index (χ4n) is 2.50. The van der Waals surface area contributed by atoms with Crippen molar-refractivity contribution in [2.45, 2.75) is 51.3 Å². The van der Waals surface area contributed by atoms with E-state index in [1.165, 1.54) is 6.92 Å². The summed E-state index contributed by atoms with van der Waals surface area (Å²) in [6.45, 7) is 2.97. The third-order valence-electron chi connectivity index (χ3n) is 4.02. The zero-order valence-electron chi connectivity index (χ0n) is 10.8. The van der Waals surface area contributed by atoms with E-state index in [4.69, 9.17) is 11.5 Å². The first-order chi connectivity index (χ1) is 8.20. The van der Waals surface area contributed by atoms with E-state index in [0.717, 1.165) is 0 Å². The molecule has 1 rings (SSSR count). The van der Waals surface area contributed by atoms with Crippen molar-refractivity contribution in [2.75, 3.05) is 0 Å². The van der Waals surface area contributed by atoms with Crippen molar-refractivity contribution in [2.24, 2.45) is 22.8 Å². The van der Waals surface area contributed by atoms with Crippen LogP contribution in [0.2, 0.25) is 0 Å². The molecular formula is C12H22N2O4. The van der Waals surface area contributed by atoms with Gasteiger partial charge in [0.15, 0.2) is 5.78 Å². The Morgan fingerprint density at radius 1 is 1.44 bits per heavy atom. The van der Waals surface area contributed by atoms with Crippen LogP contribution >= 0.6 is 0 Å². The highest BCUT2D eigenvalue weighted by Gasteiger charge is 2.49. The highest BCUT2D eigenvalue weighted by molar-refractivity contribution is 5.92. The van der Waals surface area contributed by atoms with Gasteiger partial charge in [-0.15, -0.1) is 0 Å². The molecule has 5 atom stereocenters. The second-order valence-corrected chi connectivity index (χ2v) is 5.48. The number of carbonyl (C=O) groups excluding carboxylic acids is 1. The van der Waals surface area contributed by atoms with Gasteiger partial charge in [0.25, 0.3) is 0 Å². The van der Waals surface area contributed by atoms with Crippen LogP contribution in [-0.2, 0) is 9.59 Å². The van der Waals surface area contributed by atoms with E-state index >= 15 is 0 Å². The van der Waals surface area contributed by atoms with E-state index in [1.807, 2.05) is 0 Å². The fraction of sp³-hybridized carbons (Fsp3) is 0.833. The number of aliphatic carboxylic acids is 1.